The van der Waals surface area contributed by atoms with E-state index in [2.05, 4.69) is 4.98 Å². The average molecular weight is 475 g/mol. The molecular formula is C24H30N2O6S. The van der Waals surface area contributed by atoms with Gasteiger partial charge in [-0.3, -0.25) is 9.59 Å². The molecule has 0 aliphatic carbocycles. The first-order valence-electron chi connectivity index (χ1n) is 11.0. The van der Waals surface area contributed by atoms with E-state index in [4.69, 9.17) is 4.74 Å². The number of rotatable bonds is 7. The fraction of sp³-hybridized carbons (Fsp3) is 0.458. The van der Waals surface area contributed by atoms with Gasteiger partial charge in [-0.2, -0.15) is 4.31 Å². The third-order valence-corrected chi connectivity index (χ3v) is 8.19. The number of aryl methyl sites for hydroxylation is 2. The second-order valence-electron chi connectivity index (χ2n) is 8.62. The van der Waals surface area contributed by atoms with Crippen LogP contribution in [0.2, 0.25) is 0 Å². The number of H-pyrrole nitrogens is 1. The standard InChI is InChI=1S/C24H30N2O6S/c1-14-9-10-19(33(30,31)26-11-7-6-8-15(26)2)12-20(14)24(29)32-13-21(28)23-16(3)22(18(5)27)17(4)25-23/h9-10,12,15,25H,6-8,11,13H2,1-5H3. The zero-order chi connectivity index (χ0) is 24.5. The highest BCUT2D eigenvalue weighted by molar-refractivity contribution is 7.89. The van der Waals surface area contributed by atoms with Gasteiger partial charge in [0, 0.05) is 23.8 Å². The van der Waals surface area contributed by atoms with E-state index in [-0.39, 0.29) is 28.0 Å². The third-order valence-electron chi connectivity index (χ3n) is 6.18. The molecule has 1 aromatic carbocycles. The van der Waals surface area contributed by atoms with Gasteiger partial charge < -0.3 is 9.72 Å². The van der Waals surface area contributed by atoms with E-state index >= 15 is 0 Å². The maximum absolute atomic E-state index is 13.1. The van der Waals surface area contributed by atoms with Crippen LogP contribution in [-0.2, 0) is 14.8 Å². The Labute approximate surface area is 194 Å². The van der Waals surface area contributed by atoms with Crippen molar-refractivity contribution in [3.63, 3.8) is 0 Å². The Balaban J connectivity index is 1.79. The second-order valence-corrected chi connectivity index (χ2v) is 10.5. The number of aromatic amines is 1. The van der Waals surface area contributed by atoms with Crippen molar-refractivity contribution in [3.05, 3.63) is 51.8 Å². The van der Waals surface area contributed by atoms with Gasteiger partial charge in [-0.1, -0.05) is 12.5 Å². The first-order chi connectivity index (χ1) is 15.4. The molecule has 1 aliphatic rings. The summed E-state index contributed by atoms with van der Waals surface area (Å²) < 4.78 is 33.0. The van der Waals surface area contributed by atoms with Crippen molar-refractivity contribution in [2.45, 2.75) is 64.8 Å². The maximum Gasteiger partial charge on any atom is 0.338 e. The molecule has 1 saturated heterocycles. The summed E-state index contributed by atoms with van der Waals surface area (Å²) in [6.07, 6.45) is 2.58. The third kappa shape index (κ3) is 4.94. The number of hydrogen-bond donors (Lipinski definition) is 1. The van der Waals surface area contributed by atoms with Gasteiger partial charge in [-0.25, -0.2) is 13.2 Å². The van der Waals surface area contributed by atoms with Crippen LogP contribution in [0.1, 0.15) is 81.1 Å². The summed E-state index contributed by atoms with van der Waals surface area (Å²) >= 11 is 0. The van der Waals surface area contributed by atoms with Crippen LogP contribution in [0.25, 0.3) is 0 Å². The number of sulfonamides is 1. The van der Waals surface area contributed by atoms with E-state index < -0.39 is 28.4 Å². The lowest BCUT2D eigenvalue weighted by Gasteiger charge is -2.32. The topological polar surface area (TPSA) is 114 Å². The Bertz CT molecular complexity index is 1210. The van der Waals surface area contributed by atoms with Crippen molar-refractivity contribution >= 4 is 27.6 Å². The van der Waals surface area contributed by atoms with Gasteiger partial charge >= 0.3 is 5.97 Å². The molecule has 1 unspecified atom stereocenters. The average Bonchev–Trinajstić information content (AvgIpc) is 3.06. The molecule has 0 radical (unpaired) electrons. The lowest BCUT2D eigenvalue weighted by atomic mass is 10.1. The van der Waals surface area contributed by atoms with Crippen LogP contribution in [0.3, 0.4) is 0 Å². The molecule has 1 aromatic heterocycles. The van der Waals surface area contributed by atoms with E-state index in [9.17, 15) is 22.8 Å². The summed E-state index contributed by atoms with van der Waals surface area (Å²) in [6, 6.07) is 4.27. The van der Waals surface area contributed by atoms with E-state index in [0.717, 1.165) is 19.3 Å². The van der Waals surface area contributed by atoms with E-state index in [1.165, 1.54) is 23.4 Å². The predicted molar refractivity (Wildman–Crippen MR) is 123 cm³/mol. The molecule has 178 valence electrons. The molecule has 0 spiro atoms. The number of ether oxygens (including phenoxy) is 1. The summed E-state index contributed by atoms with van der Waals surface area (Å²) in [6.45, 7) is 8.26. The monoisotopic (exact) mass is 474 g/mol. The van der Waals surface area contributed by atoms with Crippen LogP contribution >= 0.6 is 0 Å². The number of aromatic nitrogens is 1. The van der Waals surface area contributed by atoms with E-state index in [0.29, 0.717) is 28.9 Å². The van der Waals surface area contributed by atoms with Crippen molar-refractivity contribution in [2.24, 2.45) is 0 Å². The van der Waals surface area contributed by atoms with Crippen molar-refractivity contribution in [1.82, 2.24) is 9.29 Å². The Hall–Kier alpha value is -2.78. The Morgan fingerprint density at radius 3 is 2.45 bits per heavy atom. The van der Waals surface area contributed by atoms with Crippen LogP contribution in [-0.4, -0.2) is 54.4 Å². The number of nitrogens with one attached hydrogen (secondary N) is 1. The Kier molecular flexibility index (Phi) is 7.23. The number of ketones is 2. The number of carbonyl (C=O) groups is 3. The number of Topliss-reactive ketones (excluding diaryl/α,β-unsaturated/α-hetero) is 2. The maximum atomic E-state index is 13.1. The first kappa shape index (κ1) is 24.9. The molecule has 8 nitrogen and oxygen atoms in total. The quantitative estimate of drug-likeness (QED) is 0.483. The molecule has 2 heterocycles. The minimum absolute atomic E-state index is 0.0297. The van der Waals surface area contributed by atoms with Crippen molar-refractivity contribution in [2.75, 3.05) is 13.2 Å². The van der Waals surface area contributed by atoms with Gasteiger partial charge in [0.2, 0.25) is 15.8 Å². The summed E-state index contributed by atoms with van der Waals surface area (Å²) in [4.78, 5) is 40.1. The minimum atomic E-state index is -3.75. The van der Waals surface area contributed by atoms with Gasteiger partial charge in [-0.05, 0) is 70.7 Å². The number of esters is 1. The highest BCUT2D eigenvalue weighted by atomic mass is 32.2. The number of piperidine rings is 1. The summed E-state index contributed by atoms with van der Waals surface area (Å²) in [7, 11) is -3.75. The van der Waals surface area contributed by atoms with Gasteiger partial charge in [-0.15, -0.1) is 0 Å². The fourth-order valence-corrected chi connectivity index (χ4v) is 6.11. The highest BCUT2D eigenvalue weighted by Gasteiger charge is 2.32. The van der Waals surface area contributed by atoms with Crippen LogP contribution in [0.4, 0.5) is 0 Å². The zero-order valence-electron chi connectivity index (χ0n) is 19.6. The largest absolute Gasteiger partial charge is 0.454 e. The van der Waals surface area contributed by atoms with Crippen molar-refractivity contribution < 1.29 is 27.5 Å². The fourth-order valence-electron chi connectivity index (χ4n) is 4.38. The van der Waals surface area contributed by atoms with Crippen LogP contribution < -0.4 is 0 Å². The SMILES string of the molecule is CC(=O)c1c(C)[nH]c(C(=O)COC(=O)c2cc(S(=O)(=O)N3CCCCC3C)ccc2C)c1C. The lowest BCUT2D eigenvalue weighted by molar-refractivity contribution is 0.0472. The number of nitrogens with zero attached hydrogens (tertiary/aromatic N) is 1. The zero-order valence-corrected chi connectivity index (χ0v) is 20.5. The Morgan fingerprint density at radius 1 is 1.15 bits per heavy atom. The van der Waals surface area contributed by atoms with Crippen molar-refractivity contribution in [1.29, 1.82) is 0 Å². The smallest absolute Gasteiger partial charge is 0.338 e. The van der Waals surface area contributed by atoms with Gasteiger partial charge in [0.1, 0.15) is 0 Å². The molecule has 2 aromatic rings. The summed E-state index contributed by atoms with van der Waals surface area (Å²) in [5.74, 6) is -1.41. The Morgan fingerprint density at radius 2 is 1.85 bits per heavy atom. The van der Waals surface area contributed by atoms with E-state index in [1.807, 2.05) is 6.92 Å². The second kappa shape index (κ2) is 9.61. The molecule has 1 fully saturated rings. The van der Waals surface area contributed by atoms with E-state index in [1.54, 1.807) is 26.8 Å². The molecular weight excluding hydrogens is 444 g/mol. The summed E-state index contributed by atoms with van der Waals surface area (Å²) in [5.41, 5.74) is 2.40. The predicted octanol–water partition coefficient (Wildman–Crippen LogP) is 3.75. The molecule has 33 heavy (non-hydrogen) atoms. The lowest BCUT2D eigenvalue weighted by Crippen LogP contribution is -2.41. The number of hydrogen-bond acceptors (Lipinski definition) is 6. The molecule has 0 bridgehead atoms. The molecule has 1 N–H and O–H groups in total. The molecule has 1 aliphatic heterocycles. The first-order valence-corrected chi connectivity index (χ1v) is 12.4. The molecule has 0 amide bonds. The van der Waals surface area contributed by atoms with Crippen molar-refractivity contribution in [3.8, 4) is 0 Å². The minimum Gasteiger partial charge on any atom is -0.454 e. The van der Waals surface area contributed by atoms with Crippen LogP contribution in [0.15, 0.2) is 23.1 Å². The number of benzene rings is 1. The van der Waals surface area contributed by atoms with Gasteiger partial charge in [0.05, 0.1) is 16.2 Å². The normalized spacial score (nSPS) is 17.1. The van der Waals surface area contributed by atoms with Gasteiger partial charge in [0.15, 0.2) is 12.4 Å². The van der Waals surface area contributed by atoms with Crippen LogP contribution in [0.5, 0.6) is 0 Å². The molecule has 0 saturated carbocycles. The molecule has 3 rings (SSSR count). The summed E-state index contributed by atoms with van der Waals surface area (Å²) in [5, 5.41) is 0. The number of carbonyl (C=O) groups excluding carboxylic acids is 3. The van der Waals surface area contributed by atoms with Gasteiger partial charge in [0.25, 0.3) is 0 Å². The molecule has 9 heteroatoms. The van der Waals surface area contributed by atoms with Crippen LogP contribution in [0, 0.1) is 20.8 Å². The highest BCUT2D eigenvalue weighted by Crippen LogP contribution is 2.27. The molecule has 1 atom stereocenters.